The van der Waals surface area contributed by atoms with Gasteiger partial charge in [0.15, 0.2) is 17.5 Å². The summed E-state index contributed by atoms with van der Waals surface area (Å²) in [5, 5.41) is 12.0. The normalized spacial score (nSPS) is 12.0. The Kier molecular flexibility index (Phi) is 5.80. The second kappa shape index (κ2) is 10.5. The van der Waals surface area contributed by atoms with Gasteiger partial charge in [0.1, 0.15) is 11.2 Å². The number of para-hydroxylation sites is 1. The average Bonchev–Trinajstić information content (AvgIpc) is 3.75. The lowest BCUT2D eigenvalue weighted by atomic mass is 9.96. The summed E-state index contributed by atoms with van der Waals surface area (Å²) in [6.07, 6.45) is 0. The van der Waals surface area contributed by atoms with Crippen LogP contribution in [0.2, 0.25) is 0 Å². The molecule has 0 amide bonds. The van der Waals surface area contributed by atoms with Crippen molar-refractivity contribution in [1.82, 2.24) is 15.0 Å². The number of benzene rings is 8. The maximum Gasteiger partial charge on any atom is 0.164 e. The van der Waals surface area contributed by atoms with Gasteiger partial charge in [0.25, 0.3) is 0 Å². The molecule has 0 radical (unpaired) electrons. The molecule has 11 aromatic rings. The van der Waals surface area contributed by atoms with E-state index in [0.717, 1.165) is 44.0 Å². The fourth-order valence-electron chi connectivity index (χ4n) is 7.46. The van der Waals surface area contributed by atoms with E-state index in [9.17, 15) is 0 Å². The highest BCUT2D eigenvalue weighted by Gasteiger charge is 2.16. The lowest BCUT2D eigenvalue weighted by Crippen LogP contribution is -2.00. The number of rotatable bonds is 3. The zero-order valence-electron chi connectivity index (χ0n) is 26.6. The number of hydrogen-bond donors (Lipinski definition) is 0. The van der Waals surface area contributed by atoms with Crippen LogP contribution in [0.3, 0.4) is 0 Å². The molecule has 0 aliphatic carbocycles. The number of aromatic nitrogens is 3. The van der Waals surface area contributed by atoms with Gasteiger partial charge in [-0.1, -0.05) is 109 Å². The Bertz CT molecular complexity index is 3170. The predicted molar refractivity (Wildman–Crippen MR) is 209 cm³/mol. The largest absolute Gasteiger partial charge is 0.456 e. The van der Waals surface area contributed by atoms with Crippen LogP contribution in [0, 0.1) is 0 Å². The van der Waals surface area contributed by atoms with Gasteiger partial charge >= 0.3 is 0 Å². The Morgan fingerprint density at radius 1 is 0.340 bits per heavy atom. The standard InChI is InChI=1S/C45H25N3OS/c1-2-8-31-26(7-1)13-19-34-32-18-15-28(23-27(32)14-20-33(31)34)43-46-44(29-17-22-40-38(24-29)35-9-3-5-11-39(35)49-40)48-45(47-43)30-16-21-37-36-10-4-6-12-41(36)50-42(37)25-30/h1-25H. The molecule has 11 rings (SSSR count). The zero-order valence-corrected chi connectivity index (χ0v) is 27.4. The molecule has 0 spiro atoms. The lowest BCUT2D eigenvalue weighted by Gasteiger charge is -2.11. The molecule has 8 aromatic carbocycles. The minimum atomic E-state index is 0.624. The van der Waals surface area contributed by atoms with E-state index in [1.54, 1.807) is 11.3 Å². The van der Waals surface area contributed by atoms with Crippen molar-refractivity contribution in [2.45, 2.75) is 0 Å². The summed E-state index contributed by atoms with van der Waals surface area (Å²) in [7, 11) is 0. The summed E-state index contributed by atoms with van der Waals surface area (Å²) in [6, 6.07) is 53.4. The van der Waals surface area contributed by atoms with Crippen molar-refractivity contribution in [3.8, 4) is 34.2 Å². The van der Waals surface area contributed by atoms with Crippen LogP contribution in [0.4, 0.5) is 0 Å². The summed E-state index contributed by atoms with van der Waals surface area (Å²) in [6.45, 7) is 0. The molecule has 0 aliphatic heterocycles. The van der Waals surface area contributed by atoms with Crippen LogP contribution in [-0.2, 0) is 0 Å². The first-order valence-electron chi connectivity index (χ1n) is 16.7. The van der Waals surface area contributed by atoms with Crippen molar-refractivity contribution >= 4 is 85.8 Å². The highest BCUT2D eigenvalue weighted by atomic mass is 32.1. The number of furan rings is 1. The number of hydrogen-bond acceptors (Lipinski definition) is 5. The van der Waals surface area contributed by atoms with E-state index < -0.39 is 0 Å². The summed E-state index contributed by atoms with van der Waals surface area (Å²) in [4.78, 5) is 15.4. The van der Waals surface area contributed by atoms with E-state index >= 15 is 0 Å². The molecule has 0 unspecified atom stereocenters. The van der Waals surface area contributed by atoms with Gasteiger partial charge in [0.2, 0.25) is 0 Å². The molecule has 0 saturated heterocycles. The lowest BCUT2D eigenvalue weighted by molar-refractivity contribution is 0.669. The van der Waals surface area contributed by atoms with E-state index in [1.165, 1.54) is 47.1 Å². The van der Waals surface area contributed by atoms with Gasteiger partial charge in [-0.15, -0.1) is 11.3 Å². The molecule has 50 heavy (non-hydrogen) atoms. The molecule has 0 bridgehead atoms. The minimum Gasteiger partial charge on any atom is -0.456 e. The molecule has 0 aliphatic rings. The van der Waals surface area contributed by atoms with Gasteiger partial charge in [-0.3, -0.25) is 0 Å². The Morgan fingerprint density at radius 3 is 1.70 bits per heavy atom. The topological polar surface area (TPSA) is 51.8 Å². The minimum absolute atomic E-state index is 0.624. The van der Waals surface area contributed by atoms with Crippen LogP contribution >= 0.6 is 11.3 Å². The van der Waals surface area contributed by atoms with Crippen molar-refractivity contribution in [2.75, 3.05) is 0 Å². The average molecular weight is 656 g/mol. The maximum atomic E-state index is 6.14. The Hall–Kier alpha value is -6.43. The third-order valence-corrected chi connectivity index (χ3v) is 11.0. The second-order valence-electron chi connectivity index (χ2n) is 12.8. The van der Waals surface area contributed by atoms with Crippen LogP contribution in [0.5, 0.6) is 0 Å². The third kappa shape index (κ3) is 4.20. The van der Waals surface area contributed by atoms with E-state index in [0.29, 0.717) is 17.5 Å². The maximum absolute atomic E-state index is 6.14. The molecular formula is C45H25N3OS. The van der Waals surface area contributed by atoms with Crippen molar-refractivity contribution in [3.05, 3.63) is 152 Å². The monoisotopic (exact) mass is 655 g/mol. The second-order valence-corrected chi connectivity index (χ2v) is 13.9. The van der Waals surface area contributed by atoms with E-state index in [4.69, 9.17) is 19.4 Å². The highest BCUT2D eigenvalue weighted by molar-refractivity contribution is 7.25. The first kappa shape index (κ1) is 27.5. The molecule has 232 valence electrons. The van der Waals surface area contributed by atoms with Crippen molar-refractivity contribution in [3.63, 3.8) is 0 Å². The SMILES string of the molecule is c1ccc2c(c1)ccc1c3ccc(-c4nc(-c5ccc6c(c5)sc5ccccc56)nc(-c5ccc6oc7ccccc7c6c5)n4)cc3ccc21. The van der Waals surface area contributed by atoms with Gasteiger partial charge < -0.3 is 4.42 Å². The summed E-state index contributed by atoms with van der Waals surface area (Å²) in [5.74, 6) is 1.91. The summed E-state index contributed by atoms with van der Waals surface area (Å²) >= 11 is 1.80. The van der Waals surface area contributed by atoms with Crippen molar-refractivity contribution < 1.29 is 4.42 Å². The number of thiophene rings is 1. The smallest absolute Gasteiger partial charge is 0.164 e. The Morgan fingerprint density at radius 2 is 0.880 bits per heavy atom. The van der Waals surface area contributed by atoms with Gasteiger partial charge in [0.05, 0.1) is 0 Å². The third-order valence-electron chi connectivity index (χ3n) is 9.91. The zero-order chi connectivity index (χ0) is 32.8. The Labute approximate surface area is 289 Å². The van der Waals surface area contributed by atoms with Crippen LogP contribution < -0.4 is 0 Å². The Balaban J connectivity index is 1.11. The first-order valence-corrected chi connectivity index (χ1v) is 17.5. The quantitative estimate of drug-likeness (QED) is 0.178. The van der Waals surface area contributed by atoms with Gasteiger partial charge in [-0.05, 0) is 74.8 Å². The first-order chi connectivity index (χ1) is 24.7. The molecule has 0 fully saturated rings. The van der Waals surface area contributed by atoms with Crippen molar-refractivity contribution in [1.29, 1.82) is 0 Å². The molecule has 0 atom stereocenters. The van der Waals surface area contributed by atoms with E-state index in [2.05, 4.69) is 121 Å². The van der Waals surface area contributed by atoms with Crippen LogP contribution in [0.25, 0.3) is 109 Å². The summed E-state index contributed by atoms with van der Waals surface area (Å²) < 4.78 is 8.62. The molecular weight excluding hydrogens is 631 g/mol. The molecule has 3 aromatic heterocycles. The highest BCUT2D eigenvalue weighted by Crippen LogP contribution is 2.38. The fourth-order valence-corrected chi connectivity index (χ4v) is 8.61. The van der Waals surface area contributed by atoms with Crippen LogP contribution in [-0.4, -0.2) is 15.0 Å². The number of nitrogens with zero attached hydrogens (tertiary/aromatic N) is 3. The molecule has 3 heterocycles. The number of fused-ring (bicyclic) bond motifs is 11. The summed E-state index contributed by atoms with van der Waals surface area (Å²) in [5.41, 5.74) is 4.53. The van der Waals surface area contributed by atoms with Gasteiger partial charge in [-0.2, -0.15) is 0 Å². The van der Waals surface area contributed by atoms with Crippen molar-refractivity contribution in [2.24, 2.45) is 0 Å². The van der Waals surface area contributed by atoms with Gasteiger partial charge in [-0.25, -0.2) is 15.0 Å². The van der Waals surface area contributed by atoms with E-state index in [1.807, 2.05) is 30.3 Å². The van der Waals surface area contributed by atoms with E-state index in [-0.39, 0.29) is 0 Å². The molecule has 0 saturated carbocycles. The fraction of sp³-hybridized carbons (Fsp3) is 0. The van der Waals surface area contributed by atoms with Crippen LogP contribution in [0.1, 0.15) is 0 Å². The molecule has 0 N–H and O–H groups in total. The van der Waals surface area contributed by atoms with Crippen LogP contribution in [0.15, 0.2) is 156 Å². The van der Waals surface area contributed by atoms with Gasteiger partial charge in [0, 0.05) is 47.6 Å². The molecule has 4 nitrogen and oxygen atoms in total. The predicted octanol–water partition coefficient (Wildman–Crippen LogP) is 12.6. The molecule has 5 heteroatoms.